The minimum Gasteiger partial charge on any atom is -0.384 e. The molecule has 18 heavy (non-hydrogen) atoms. The van der Waals surface area contributed by atoms with E-state index < -0.39 is 0 Å². The molecule has 0 saturated carbocycles. The molecule has 94 valence electrons. The fraction of sp³-hybridized carbons (Fsp3) is 0.273. The first-order valence-corrected chi connectivity index (χ1v) is 7.01. The highest BCUT2D eigenvalue weighted by Crippen LogP contribution is 2.28. The number of nitrogens with zero attached hydrogens (tertiary/aromatic N) is 3. The van der Waals surface area contributed by atoms with Crippen LogP contribution in [0.5, 0.6) is 0 Å². The molecule has 2 rings (SSSR count). The third-order valence-electron chi connectivity index (χ3n) is 2.20. The number of amidine groups is 1. The molecule has 0 atom stereocenters. The molecule has 0 aliphatic carbocycles. The summed E-state index contributed by atoms with van der Waals surface area (Å²) in [6, 6.07) is 3.59. The van der Waals surface area contributed by atoms with Crippen LogP contribution in [-0.4, -0.2) is 20.2 Å². The smallest absolute Gasteiger partial charge is 0.176 e. The summed E-state index contributed by atoms with van der Waals surface area (Å²) in [4.78, 5) is 8.77. The Balaban J connectivity index is 2.25. The van der Waals surface area contributed by atoms with Crippen LogP contribution in [0.1, 0.15) is 24.0 Å². The van der Waals surface area contributed by atoms with Crippen molar-refractivity contribution >= 4 is 29.1 Å². The summed E-state index contributed by atoms with van der Waals surface area (Å²) in [6.07, 6.45) is 0.830. The van der Waals surface area contributed by atoms with Gasteiger partial charge in [0, 0.05) is 17.7 Å². The maximum absolute atomic E-state index is 7.46. The van der Waals surface area contributed by atoms with E-state index in [1.807, 2.05) is 13.8 Å². The molecule has 2 aromatic rings. The van der Waals surface area contributed by atoms with E-state index in [1.54, 1.807) is 12.1 Å². The number of hydrogen-bond acceptors (Lipinski definition) is 6. The molecule has 0 bridgehead atoms. The normalized spacial score (nSPS) is 10.6. The summed E-state index contributed by atoms with van der Waals surface area (Å²) in [5.41, 5.74) is 7.02. The molecule has 0 spiro atoms. The van der Waals surface area contributed by atoms with E-state index in [1.165, 1.54) is 23.3 Å². The Hall–Kier alpha value is -1.47. The van der Waals surface area contributed by atoms with Crippen LogP contribution in [0.25, 0.3) is 0 Å². The van der Waals surface area contributed by atoms with Crippen LogP contribution in [0, 0.1) is 12.3 Å². The van der Waals surface area contributed by atoms with Gasteiger partial charge in [-0.1, -0.05) is 6.92 Å². The van der Waals surface area contributed by atoms with Gasteiger partial charge in [0.15, 0.2) is 4.34 Å². The van der Waals surface area contributed by atoms with Gasteiger partial charge >= 0.3 is 0 Å². The first-order chi connectivity index (χ1) is 8.58. The van der Waals surface area contributed by atoms with E-state index in [0.29, 0.717) is 5.56 Å². The van der Waals surface area contributed by atoms with E-state index >= 15 is 0 Å². The Labute approximate surface area is 114 Å². The Morgan fingerprint density at radius 1 is 1.44 bits per heavy atom. The Morgan fingerprint density at radius 3 is 2.83 bits per heavy atom. The summed E-state index contributed by atoms with van der Waals surface area (Å²) < 4.78 is 5.09. The van der Waals surface area contributed by atoms with Gasteiger partial charge in [0.1, 0.15) is 16.7 Å². The maximum Gasteiger partial charge on any atom is 0.176 e. The van der Waals surface area contributed by atoms with Gasteiger partial charge in [-0.3, -0.25) is 5.41 Å². The molecular formula is C11H13N5S2. The number of aryl methyl sites for hydroxylation is 2. The van der Waals surface area contributed by atoms with E-state index in [2.05, 4.69) is 14.3 Å². The van der Waals surface area contributed by atoms with Crippen LogP contribution >= 0.6 is 23.3 Å². The molecular weight excluding hydrogens is 266 g/mol. The van der Waals surface area contributed by atoms with Gasteiger partial charge in [-0.2, -0.15) is 4.37 Å². The van der Waals surface area contributed by atoms with Crippen molar-refractivity contribution in [3.8, 4) is 0 Å². The average Bonchev–Trinajstić information content (AvgIpc) is 2.76. The Bertz CT molecular complexity index is 579. The summed E-state index contributed by atoms with van der Waals surface area (Å²) >= 11 is 2.82. The first kappa shape index (κ1) is 13.0. The van der Waals surface area contributed by atoms with Gasteiger partial charge in [-0.15, -0.1) is 0 Å². The standard InChI is InChI=1S/C11H13N5S2/c1-3-8-15-11(18-16-8)17-9-5-7(10(12)13)4-6(2)14-9/h4-5H,3H2,1-2H3,(H3,12,13). The minimum atomic E-state index is 0.0499. The predicted molar refractivity (Wildman–Crippen MR) is 73.4 cm³/mol. The third kappa shape index (κ3) is 3.05. The summed E-state index contributed by atoms with van der Waals surface area (Å²) in [5, 5.41) is 8.25. The molecule has 3 N–H and O–H groups in total. The maximum atomic E-state index is 7.46. The van der Waals surface area contributed by atoms with Crippen LogP contribution < -0.4 is 5.73 Å². The average molecular weight is 279 g/mol. The molecule has 0 saturated heterocycles. The monoisotopic (exact) mass is 279 g/mol. The predicted octanol–water partition coefficient (Wildman–Crippen LogP) is 2.24. The van der Waals surface area contributed by atoms with Crippen molar-refractivity contribution in [2.75, 3.05) is 0 Å². The molecule has 0 aliphatic heterocycles. The number of aromatic nitrogens is 3. The van der Waals surface area contributed by atoms with E-state index in [9.17, 15) is 0 Å². The van der Waals surface area contributed by atoms with Gasteiger partial charge in [-0.25, -0.2) is 9.97 Å². The van der Waals surface area contributed by atoms with Crippen molar-refractivity contribution in [1.29, 1.82) is 5.41 Å². The third-order valence-corrected chi connectivity index (χ3v) is 3.91. The Kier molecular flexibility index (Phi) is 3.93. The zero-order valence-electron chi connectivity index (χ0n) is 10.1. The van der Waals surface area contributed by atoms with Gasteiger partial charge in [-0.05, 0) is 42.4 Å². The van der Waals surface area contributed by atoms with Crippen molar-refractivity contribution in [2.45, 2.75) is 29.6 Å². The highest BCUT2D eigenvalue weighted by molar-refractivity contribution is 8.00. The SMILES string of the molecule is CCc1nsc(Sc2cc(C(=N)N)cc(C)n2)n1. The number of nitrogens with two attached hydrogens (primary N) is 1. The summed E-state index contributed by atoms with van der Waals surface area (Å²) in [7, 11) is 0. The number of nitrogen functional groups attached to an aromatic ring is 1. The van der Waals surface area contributed by atoms with Gasteiger partial charge in [0.05, 0.1) is 0 Å². The van der Waals surface area contributed by atoms with Crippen molar-refractivity contribution in [3.05, 3.63) is 29.2 Å². The number of nitrogens with one attached hydrogen (secondary N) is 1. The van der Waals surface area contributed by atoms with Crippen LogP contribution in [0.4, 0.5) is 0 Å². The van der Waals surface area contributed by atoms with Gasteiger partial charge in [0.25, 0.3) is 0 Å². The largest absolute Gasteiger partial charge is 0.384 e. The molecule has 0 radical (unpaired) electrons. The van der Waals surface area contributed by atoms with E-state index in [0.717, 1.165) is 27.3 Å². The first-order valence-electron chi connectivity index (χ1n) is 5.42. The molecule has 0 aromatic carbocycles. The molecule has 2 heterocycles. The van der Waals surface area contributed by atoms with Crippen LogP contribution in [0.3, 0.4) is 0 Å². The van der Waals surface area contributed by atoms with Gasteiger partial charge in [0.2, 0.25) is 0 Å². The summed E-state index contributed by atoms with van der Waals surface area (Å²) in [6.45, 7) is 3.91. The van der Waals surface area contributed by atoms with Crippen LogP contribution in [-0.2, 0) is 6.42 Å². The lowest BCUT2D eigenvalue weighted by Gasteiger charge is -2.03. The molecule has 0 amide bonds. The quantitative estimate of drug-likeness (QED) is 0.662. The molecule has 2 aromatic heterocycles. The van der Waals surface area contributed by atoms with Crippen LogP contribution in [0.15, 0.2) is 21.5 Å². The highest BCUT2D eigenvalue weighted by atomic mass is 32.2. The lowest BCUT2D eigenvalue weighted by molar-refractivity contribution is 0.969. The van der Waals surface area contributed by atoms with E-state index in [4.69, 9.17) is 11.1 Å². The fourth-order valence-electron chi connectivity index (χ4n) is 1.36. The second-order valence-corrected chi connectivity index (χ2v) is 5.70. The second kappa shape index (κ2) is 5.45. The van der Waals surface area contributed by atoms with Crippen molar-refractivity contribution < 1.29 is 0 Å². The molecule has 5 nitrogen and oxygen atoms in total. The molecule has 0 aliphatic rings. The minimum absolute atomic E-state index is 0.0499. The number of hydrogen-bond donors (Lipinski definition) is 2. The number of pyridine rings is 1. The van der Waals surface area contributed by atoms with Crippen LogP contribution in [0.2, 0.25) is 0 Å². The molecule has 7 heteroatoms. The van der Waals surface area contributed by atoms with Crippen molar-refractivity contribution in [1.82, 2.24) is 14.3 Å². The van der Waals surface area contributed by atoms with Crippen molar-refractivity contribution in [3.63, 3.8) is 0 Å². The molecule has 0 unspecified atom stereocenters. The van der Waals surface area contributed by atoms with Crippen molar-refractivity contribution in [2.24, 2.45) is 5.73 Å². The fourth-order valence-corrected chi connectivity index (χ4v) is 3.08. The van der Waals surface area contributed by atoms with Gasteiger partial charge < -0.3 is 5.73 Å². The van der Waals surface area contributed by atoms with E-state index in [-0.39, 0.29) is 5.84 Å². The zero-order chi connectivity index (χ0) is 13.1. The second-order valence-electron chi connectivity index (χ2n) is 3.68. The lowest BCUT2D eigenvalue weighted by Crippen LogP contribution is -2.11. The summed E-state index contributed by atoms with van der Waals surface area (Å²) in [5.74, 6) is 0.899. The molecule has 0 fully saturated rings. The Morgan fingerprint density at radius 2 is 2.22 bits per heavy atom. The number of rotatable bonds is 4. The zero-order valence-corrected chi connectivity index (χ0v) is 11.7. The topological polar surface area (TPSA) is 88.5 Å². The lowest BCUT2D eigenvalue weighted by atomic mass is 10.2. The highest BCUT2D eigenvalue weighted by Gasteiger charge is 2.08.